The van der Waals surface area contributed by atoms with E-state index in [9.17, 15) is 4.39 Å². The molecule has 0 spiro atoms. The summed E-state index contributed by atoms with van der Waals surface area (Å²) in [5.74, 6) is 0.0191. The summed E-state index contributed by atoms with van der Waals surface area (Å²) in [5.41, 5.74) is 6.88. The summed E-state index contributed by atoms with van der Waals surface area (Å²) in [6, 6.07) is 4.92. The second-order valence-corrected chi connectivity index (χ2v) is 5.37. The van der Waals surface area contributed by atoms with Crippen LogP contribution in [-0.4, -0.2) is 34.1 Å². The lowest BCUT2D eigenvalue weighted by Gasteiger charge is -2.33. The molecular formula is C13H19FN4. The van der Waals surface area contributed by atoms with Gasteiger partial charge in [-0.2, -0.15) is 0 Å². The summed E-state index contributed by atoms with van der Waals surface area (Å²) in [7, 11) is 4.02. The number of nitrogens with zero attached hydrogens (tertiary/aromatic N) is 3. The molecule has 0 aliphatic heterocycles. The number of benzene rings is 1. The number of anilines is 1. The van der Waals surface area contributed by atoms with Crippen molar-refractivity contribution in [3.63, 3.8) is 0 Å². The first-order chi connectivity index (χ1) is 8.33. The number of hydrogen-bond donors (Lipinski definition) is 1. The van der Waals surface area contributed by atoms with Crippen LogP contribution >= 0.6 is 0 Å². The standard InChI is InChI=1S/C13H19FN4/c1-13(2,17(3)4)8-18-10-7-5-6-9(14)11(10)16-12(18)15/h5-7H,8H2,1-4H3,(H2,15,16). The molecule has 2 rings (SSSR count). The Bertz CT molecular complexity index is 572. The van der Waals surface area contributed by atoms with E-state index in [1.807, 2.05) is 24.7 Å². The Hall–Kier alpha value is -1.62. The number of imidazole rings is 1. The maximum absolute atomic E-state index is 13.6. The molecular weight excluding hydrogens is 231 g/mol. The molecule has 2 aromatic rings. The highest BCUT2D eigenvalue weighted by molar-refractivity contribution is 5.78. The van der Waals surface area contributed by atoms with E-state index in [0.717, 1.165) is 5.52 Å². The van der Waals surface area contributed by atoms with Crippen molar-refractivity contribution < 1.29 is 4.39 Å². The number of para-hydroxylation sites is 1. The van der Waals surface area contributed by atoms with Crippen LogP contribution in [0.15, 0.2) is 18.2 Å². The number of rotatable bonds is 3. The van der Waals surface area contributed by atoms with Crippen molar-refractivity contribution in [3.05, 3.63) is 24.0 Å². The van der Waals surface area contributed by atoms with Crippen LogP contribution in [0, 0.1) is 5.82 Å². The SMILES string of the molecule is CN(C)C(C)(C)Cn1c(N)nc2c(F)cccc21. The van der Waals surface area contributed by atoms with E-state index in [2.05, 4.69) is 23.7 Å². The number of halogens is 1. The van der Waals surface area contributed by atoms with Crippen molar-refractivity contribution in [2.45, 2.75) is 25.9 Å². The summed E-state index contributed by atoms with van der Waals surface area (Å²) < 4.78 is 15.5. The summed E-state index contributed by atoms with van der Waals surface area (Å²) in [5, 5.41) is 0. The van der Waals surface area contributed by atoms with Gasteiger partial charge in [0.25, 0.3) is 0 Å². The molecule has 0 saturated heterocycles. The Morgan fingerprint density at radius 2 is 2.06 bits per heavy atom. The third-order valence-corrected chi connectivity index (χ3v) is 3.51. The van der Waals surface area contributed by atoms with Crippen LogP contribution < -0.4 is 5.73 Å². The van der Waals surface area contributed by atoms with Crippen molar-refractivity contribution in [3.8, 4) is 0 Å². The van der Waals surface area contributed by atoms with Gasteiger partial charge in [0.1, 0.15) is 5.52 Å². The minimum Gasteiger partial charge on any atom is -0.369 e. The monoisotopic (exact) mass is 250 g/mol. The first-order valence-electron chi connectivity index (χ1n) is 5.90. The molecule has 0 saturated carbocycles. The zero-order valence-electron chi connectivity index (χ0n) is 11.2. The fraction of sp³-hybridized carbons (Fsp3) is 0.462. The largest absolute Gasteiger partial charge is 0.369 e. The molecule has 5 heteroatoms. The predicted octanol–water partition coefficient (Wildman–Crippen LogP) is 2.10. The van der Waals surface area contributed by atoms with Crippen molar-refractivity contribution in [2.75, 3.05) is 19.8 Å². The van der Waals surface area contributed by atoms with E-state index in [4.69, 9.17) is 5.73 Å². The third-order valence-electron chi connectivity index (χ3n) is 3.51. The van der Waals surface area contributed by atoms with Crippen LogP contribution in [0.5, 0.6) is 0 Å². The van der Waals surface area contributed by atoms with Crippen molar-refractivity contribution in [2.24, 2.45) is 0 Å². The molecule has 2 N–H and O–H groups in total. The van der Waals surface area contributed by atoms with Crippen molar-refractivity contribution in [1.29, 1.82) is 0 Å². The zero-order valence-corrected chi connectivity index (χ0v) is 11.2. The Morgan fingerprint density at radius 3 is 2.67 bits per heavy atom. The van der Waals surface area contributed by atoms with Gasteiger partial charge in [-0.05, 0) is 40.1 Å². The number of likely N-dealkylation sites (N-methyl/N-ethyl adjacent to an activating group) is 1. The molecule has 0 aliphatic rings. The average Bonchev–Trinajstić information content (AvgIpc) is 2.57. The number of fused-ring (bicyclic) bond motifs is 1. The number of nitrogens with two attached hydrogens (primary N) is 1. The molecule has 0 atom stereocenters. The smallest absolute Gasteiger partial charge is 0.201 e. The van der Waals surface area contributed by atoms with Crippen molar-refractivity contribution in [1.82, 2.24) is 14.5 Å². The molecule has 0 amide bonds. The van der Waals surface area contributed by atoms with Crippen LogP contribution in [0.1, 0.15) is 13.8 Å². The summed E-state index contributed by atoms with van der Waals surface area (Å²) in [4.78, 5) is 6.21. The van der Waals surface area contributed by atoms with Gasteiger partial charge < -0.3 is 15.2 Å². The molecule has 1 heterocycles. The minimum absolute atomic E-state index is 0.0892. The molecule has 98 valence electrons. The predicted molar refractivity (Wildman–Crippen MR) is 71.9 cm³/mol. The molecule has 4 nitrogen and oxygen atoms in total. The lowest BCUT2D eigenvalue weighted by atomic mass is 10.0. The van der Waals surface area contributed by atoms with Crippen LogP contribution in [-0.2, 0) is 6.54 Å². The molecule has 0 fully saturated rings. The highest BCUT2D eigenvalue weighted by atomic mass is 19.1. The maximum Gasteiger partial charge on any atom is 0.201 e. The normalized spacial score (nSPS) is 12.6. The first-order valence-corrected chi connectivity index (χ1v) is 5.90. The molecule has 1 aromatic heterocycles. The van der Waals surface area contributed by atoms with Gasteiger partial charge in [-0.25, -0.2) is 9.37 Å². The molecule has 0 bridgehead atoms. The maximum atomic E-state index is 13.6. The zero-order chi connectivity index (χ0) is 13.5. The molecule has 18 heavy (non-hydrogen) atoms. The minimum atomic E-state index is -0.333. The number of hydrogen-bond acceptors (Lipinski definition) is 3. The second kappa shape index (κ2) is 4.24. The Morgan fingerprint density at radius 1 is 1.39 bits per heavy atom. The molecule has 0 aliphatic carbocycles. The van der Waals surface area contributed by atoms with E-state index in [0.29, 0.717) is 18.0 Å². The van der Waals surface area contributed by atoms with Crippen LogP contribution in [0.25, 0.3) is 11.0 Å². The quantitative estimate of drug-likeness (QED) is 0.907. The van der Waals surface area contributed by atoms with Gasteiger partial charge in [-0.1, -0.05) is 6.07 Å². The summed E-state index contributed by atoms with van der Waals surface area (Å²) in [6.45, 7) is 4.88. The highest BCUT2D eigenvalue weighted by Crippen LogP contribution is 2.24. The molecule has 0 radical (unpaired) electrons. The fourth-order valence-electron chi connectivity index (χ4n) is 1.83. The first kappa shape index (κ1) is 12.8. The lowest BCUT2D eigenvalue weighted by Crippen LogP contribution is -2.42. The molecule has 0 unspecified atom stereocenters. The third kappa shape index (κ3) is 2.06. The topological polar surface area (TPSA) is 47.1 Å². The van der Waals surface area contributed by atoms with E-state index >= 15 is 0 Å². The lowest BCUT2D eigenvalue weighted by molar-refractivity contribution is 0.172. The Labute approximate surface area is 106 Å². The van der Waals surface area contributed by atoms with Gasteiger partial charge in [0, 0.05) is 12.1 Å². The second-order valence-electron chi connectivity index (χ2n) is 5.37. The number of nitrogen functional groups attached to an aromatic ring is 1. The van der Waals surface area contributed by atoms with Crippen LogP contribution in [0.3, 0.4) is 0 Å². The van der Waals surface area contributed by atoms with E-state index in [1.54, 1.807) is 6.07 Å². The molecule has 1 aromatic carbocycles. The fourth-order valence-corrected chi connectivity index (χ4v) is 1.83. The Balaban J connectivity index is 2.52. The van der Waals surface area contributed by atoms with Gasteiger partial charge in [-0.3, -0.25) is 0 Å². The van der Waals surface area contributed by atoms with Gasteiger partial charge in [0.15, 0.2) is 5.82 Å². The van der Waals surface area contributed by atoms with Gasteiger partial charge in [-0.15, -0.1) is 0 Å². The van der Waals surface area contributed by atoms with Crippen LogP contribution in [0.2, 0.25) is 0 Å². The average molecular weight is 250 g/mol. The van der Waals surface area contributed by atoms with E-state index in [-0.39, 0.29) is 11.4 Å². The van der Waals surface area contributed by atoms with Crippen molar-refractivity contribution >= 4 is 17.0 Å². The van der Waals surface area contributed by atoms with Gasteiger partial charge >= 0.3 is 0 Å². The number of aromatic nitrogens is 2. The van der Waals surface area contributed by atoms with Gasteiger partial charge in [0.2, 0.25) is 5.95 Å². The highest BCUT2D eigenvalue weighted by Gasteiger charge is 2.23. The van der Waals surface area contributed by atoms with E-state index < -0.39 is 0 Å². The Kier molecular flexibility index (Phi) is 3.02. The van der Waals surface area contributed by atoms with E-state index in [1.165, 1.54) is 6.07 Å². The van der Waals surface area contributed by atoms with Crippen LogP contribution in [0.4, 0.5) is 10.3 Å². The summed E-state index contributed by atoms with van der Waals surface area (Å²) in [6.07, 6.45) is 0. The summed E-state index contributed by atoms with van der Waals surface area (Å²) >= 11 is 0. The van der Waals surface area contributed by atoms with Gasteiger partial charge in [0.05, 0.1) is 5.52 Å².